The van der Waals surface area contributed by atoms with Crippen LogP contribution in [-0.4, -0.2) is 76.9 Å². The predicted octanol–water partition coefficient (Wildman–Crippen LogP) is 7.89. The average molecular weight is 705 g/mol. The molecule has 2 atom stereocenters. The highest BCUT2D eigenvalue weighted by Crippen LogP contribution is 2.46. The molecular formula is C42H52N6O4. The molecule has 0 radical (unpaired) electrons. The maximum Gasteiger partial charge on any atom is 0.410 e. The molecule has 0 bridgehead atoms. The topological polar surface area (TPSA) is 129 Å². The summed E-state index contributed by atoms with van der Waals surface area (Å²) in [4.78, 5) is 25.3. The number of aromatic nitrogens is 2. The molecule has 4 fully saturated rings. The molecule has 10 nitrogen and oxygen atoms in total. The number of rotatable bonds is 8. The molecule has 4 heterocycles. The Morgan fingerprint density at radius 3 is 1.87 bits per heavy atom. The number of ether oxygens (including phenoxy) is 3. The second kappa shape index (κ2) is 15.0. The highest BCUT2D eigenvalue weighted by molar-refractivity contribution is 5.70. The first kappa shape index (κ1) is 35.6. The van der Waals surface area contributed by atoms with Gasteiger partial charge in [-0.3, -0.25) is 0 Å². The summed E-state index contributed by atoms with van der Waals surface area (Å²) in [6.45, 7) is 8.93. The van der Waals surface area contributed by atoms with E-state index in [2.05, 4.69) is 52.2 Å². The van der Waals surface area contributed by atoms with Gasteiger partial charge in [-0.05, 0) is 137 Å². The lowest BCUT2D eigenvalue weighted by Crippen LogP contribution is -2.36. The van der Waals surface area contributed by atoms with E-state index in [0.717, 1.165) is 54.4 Å². The van der Waals surface area contributed by atoms with E-state index in [-0.39, 0.29) is 12.2 Å². The normalized spacial score (nSPS) is 20.3. The third kappa shape index (κ3) is 9.14. The van der Waals surface area contributed by atoms with Crippen LogP contribution in [0.2, 0.25) is 0 Å². The molecular weight excluding hydrogens is 652 g/mol. The van der Waals surface area contributed by atoms with E-state index in [9.17, 15) is 4.79 Å². The molecule has 2 aromatic carbocycles. The maximum atomic E-state index is 12.3. The number of benzene rings is 2. The minimum Gasteiger partial charge on any atom is -0.489 e. The van der Waals surface area contributed by atoms with Gasteiger partial charge in [0.1, 0.15) is 40.9 Å². The summed E-state index contributed by atoms with van der Waals surface area (Å²) < 4.78 is 17.9. The highest BCUT2D eigenvalue weighted by atomic mass is 16.6. The quantitative estimate of drug-likeness (QED) is 0.188. The van der Waals surface area contributed by atoms with Crippen LogP contribution in [0.5, 0.6) is 11.5 Å². The lowest BCUT2D eigenvalue weighted by atomic mass is 9.99. The third-order valence-electron chi connectivity index (χ3n) is 9.93. The first-order chi connectivity index (χ1) is 25.0. The van der Waals surface area contributed by atoms with Gasteiger partial charge in [0.2, 0.25) is 0 Å². The van der Waals surface area contributed by atoms with Crippen molar-refractivity contribution in [2.45, 2.75) is 88.9 Å². The molecule has 2 aromatic heterocycles. The van der Waals surface area contributed by atoms with Crippen LogP contribution in [0.3, 0.4) is 0 Å². The van der Waals surface area contributed by atoms with Gasteiger partial charge in [0.05, 0.1) is 17.9 Å². The first-order valence-corrected chi connectivity index (χ1v) is 18.7. The molecule has 0 spiro atoms. The highest BCUT2D eigenvalue weighted by Gasteiger charge is 2.32. The number of hydrogen-bond donors (Lipinski definition) is 2. The fourth-order valence-corrected chi connectivity index (χ4v) is 7.06. The Balaban J connectivity index is 0.000000166. The lowest BCUT2D eigenvalue weighted by molar-refractivity contribution is 0.0275. The zero-order valence-electron chi connectivity index (χ0n) is 30.9. The van der Waals surface area contributed by atoms with Crippen LogP contribution < -0.4 is 20.9 Å². The van der Waals surface area contributed by atoms with Crippen molar-refractivity contribution >= 4 is 17.7 Å². The number of hydrogen-bond acceptors (Lipinski definition) is 9. The Bertz CT molecular complexity index is 1880. The van der Waals surface area contributed by atoms with E-state index in [1.54, 1.807) is 11.0 Å². The number of nitrogens with zero attached hydrogens (tertiary/aromatic N) is 4. The van der Waals surface area contributed by atoms with Crippen LogP contribution in [0, 0.1) is 0 Å². The summed E-state index contributed by atoms with van der Waals surface area (Å²) in [5, 5.41) is 0. The summed E-state index contributed by atoms with van der Waals surface area (Å²) in [7, 11) is 2.15. The molecule has 2 aliphatic carbocycles. The molecule has 4 aromatic rings. The summed E-state index contributed by atoms with van der Waals surface area (Å²) in [6.07, 6.45) is 6.81. The van der Waals surface area contributed by atoms with Gasteiger partial charge in [0.25, 0.3) is 0 Å². The maximum absolute atomic E-state index is 12.3. The Hall–Kier alpha value is -4.83. The Labute approximate surface area is 307 Å². The van der Waals surface area contributed by atoms with Crippen molar-refractivity contribution < 1.29 is 19.0 Å². The molecule has 274 valence electrons. The standard InChI is InChI=1S/C23H29N3O3.C19H23N3O/c1-23(2,3)29-22(27)26-12-11-17(14-26)28-16-9-10-18(15-7-8-15)19(13-16)20-5-4-6-21(24)25-20;1-22-10-9-15(12-22)23-14-7-8-16(17(11-14)13-5-6-13)18-3-2-4-19(20)21-18/h4-6,9-10,13,15,17H,7-8,11-12,14H2,1-3H3,(H2,24,25);2-4,7-8,11,13,15H,5-6,9-10,12H2,1H3,(H2,20,21). The van der Waals surface area contributed by atoms with Crippen molar-refractivity contribution in [3.8, 4) is 34.0 Å². The van der Waals surface area contributed by atoms with Gasteiger partial charge in [-0.1, -0.05) is 18.2 Å². The number of likely N-dealkylation sites (tertiary alicyclic amines) is 2. The minimum atomic E-state index is -0.492. The summed E-state index contributed by atoms with van der Waals surface area (Å²) in [5.41, 5.74) is 18.0. The van der Waals surface area contributed by atoms with Gasteiger partial charge >= 0.3 is 6.09 Å². The van der Waals surface area contributed by atoms with Gasteiger partial charge in [0, 0.05) is 37.2 Å². The molecule has 8 rings (SSSR count). The number of anilines is 2. The Morgan fingerprint density at radius 1 is 0.692 bits per heavy atom. The predicted molar refractivity (Wildman–Crippen MR) is 205 cm³/mol. The zero-order valence-corrected chi connectivity index (χ0v) is 30.9. The summed E-state index contributed by atoms with van der Waals surface area (Å²) in [5.74, 6) is 4.10. The van der Waals surface area contributed by atoms with Gasteiger partial charge in [-0.15, -0.1) is 0 Å². The number of nitrogens with two attached hydrogens (primary N) is 2. The van der Waals surface area contributed by atoms with Crippen LogP contribution >= 0.6 is 0 Å². The Morgan fingerprint density at radius 2 is 1.27 bits per heavy atom. The van der Waals surface area contributed by atoms with E-state index in [1.165, 1.54) is 42.4 Å². The van der Waals surface area contributed by atoms with Crippen molar-refractivity contribution in [2.24, 2.45) is 0 Å². The molecule has 2 aliphatic heterocycles. The Kier molecular flexibility index (Phi) is 10.3. The molecule has 4 aliphatic rings. The second-order valence-electron chi connectivity index (χ2n) is 15.7. The van der Waals surface area contributed by atoms with Crippen LogP contribution in [0.4, 0.5) is 16.4 Å². The van der Waals surface area contributed by atoms with Crippen LogP contribution in [0.25, 0.3) is 22.5 Å². The van der Waals surface area contributed by atoms with Crippen molar-refractivity contribution in [3.63, 3.8) is 0 Å². The smallest absolute Gasteiger partial charge is 0.410 e. The molecule has 2 saturated carbocycles. The minimum absolute atomic E-state index is 0.0454. The van der Waals surface area contributed by atoms with Crippen LogP contribution in [0.1, 0.15) is 82.3 Å². The van der Waals surface area contributed by atoms with Gasteiger partial charge < -0.3 is 35.5 Å². The van der Waals surface area contributed by atoms with E-state index in [1.807, 2.05) is 57.2 Å². The van der Waals surface area contributed by atoms with Crippen molar-refractivity contribution in [1.82, 2.24) is 19.8 Å². The average Bonchev–Trinajstić information content (AvgIpc) is 4.04. The van der Waals surface area contributed by atoms with Gasteiger partial charge in [-0.2, -0.15) is 0 Å². The van der Waals surface area contributed by atoms with Crippen LogP contribution in [-0.2, 0) is 4.74 Å². The fraction of sp³-hybridized carbons (Fsp3) is 0.452. The van der Waals surface area contributed by atoms with E-state index < -0.39 is 5.60 Å². The molecule has 2 unspecified atom stereocenters. The van der Waals surface area contributed by atoms with E-state index in [4.69, 9.17) is 25.7 Å². The number of likely N-dealkylation sites (N-methyl/N-ethyl adjacent to an activating group) is 1. The number of carbonyl (C=O) groups excluding carboxylic acids is 1. The van der Waals surface area contributed by atoms with Crippen molar-refractivity contribution in [3.05, 3.63) is 83.9 Å². The lowest BCUT2D eigenvalue weighted by Gasteiger charge is -2.24. The third-order valence-corrected chi connectivity index (χ3v) is 9.93. The number of carbonyl (C=O) groups is 1. The molecule has 10 heteroatoms. The number of amides is 1. The van der Waals surface area contributed by atoms with Gasteiger partial charge in [-0.25, -0.2) is 14.8 Å². The van der Waals surface area contributed by atoms with Gasteiger partial charge in [0.15, 0.2) is 0 Å². The number of nitrogen functional groups attached to an aromatic ring is 2. The summed E-state index contributed by atoms with van der Waals surface area (Å²) >= 11 is 0. The summed E-state index contributed by atoms with van der Waals surface area (Å²) in [6, 6.07) is 24.2. The fourth-order valence-electron chi connectivity index (χ4n) is 7.06. The van der Waals surface area contributed by atoms with Crippen molar-refractivity contribution in [2.75, 3.05) is 44.7 Å². The van der Waals surface area contributed by atoms with Crippen molar-refractivity contribution in [1.29, 1.82) is 0 Å². The molecule has 4 N–H and O–H groups in total. The number of pyridine rings is 2. The molecule has 52 heavy (non-hydrogen) atoms. The van der Waals surface area contributed by atoms with E-state index >= 15 is 0 Å². The SMILES string of the molecule is CC(C)(C)OC(=O)N1CCC(Oc2ccc(C3CC3)c(-c3cccc(N)n3)c2)C1.CN1CCC(Oc2ccc(-c3cccc(N)n3)c(C3CC3)c2)C1. The molecule has 1 amide bonds. The zero-order chi connectivity index (χ0) is 36.4. The van der Waals surface area contributed by atoms with E-state index in [0.29, 0.717) is 42.7 Å². The monoisotopic (exact) mass is 704 g/mol. The largest absolute Gasteiger partial charge is 0.489 e. The van der Waals surface area contributed by atoms with Crippen LogP contribution in [0.15, 0.2) is 72.8 Å². The first-order valence-electron chi connectivity index (χ1n) is 18.7. The molecule has 2 saturated heterocycles. The second-order valence-corrected chi connectivity index (χ2v) is 15.7.